The lowest BCUT2D eigenvalue weighted by Crippen LogP contribution is -2.06. The highest BCUT2D eigenvalue weighted by molar-refractivity contribution is 5.44. The molecule has 0 unspecified atom stereocenters. The molecule has 0 bridgehead atoms. The van der Waals surface area contributed by atoms with Gasteiger partial charge in [0.1, 0.15) is 5.75 Å². The van der Waals surface area contributed by atoms with Crippen LogP contribution in [0.2, 0.25) is 0 Å². The van der Waals surface area contributed by atoms with Crippen molar-refractivity contribution in [2.75, 3.05) is 6.61 Å². The van der Waals surface area contributed by atoms with Gasteiger partial charge in [0.2, 0.25) is 0 Å². The second-order valence-corrected chi connectivity index (χ2v) is 7.29. The van der Waals surface area contributed by atoms with Crippen molar-refractivity contribution in [1.29, 1.82) is 0 Å². The first-order valence-corrected chi connectivity index (χ1v) is 9.17. The van der Waals surface area contributed by atoms with Crippen LogP contribution in [-0.4, -0.2) is 16.8 Å². The number of aromatic amines is 1. The summed E-state index contributed by atoms with van der Waals surface area (Å²) in [6, 6.07) is 6.55. The standard InChI is InChI=1S/C21H32N2O/c1-14(2)18-11-9-12-19(15(3)4)21(18)24-13-8-7-10-20-16(5)22-23-17(20)6/h9,11-12,14-15H,7-8,10,13H2,1-6H3,(H,22,23). The van der Waals surface area contributed by atoms with Crippen LogP contribution in [0.5, 0.6) is 5.75 Å². The lowest BCUT2D eigenvalue weighted by molar-refractivity contribution is 0.298. The van der Waals surface area contributed by atoms with Gasteiger partial charge in [0, 0.05) is 5.69 Å². The van der Waals surface area contributed by atoms with Crippen molar-refractivity contribution in [3.8, 4) is 5.75 Å². The Morgan fingerprint density at radius 1 is 1.00 bits per heavy atom. The van der Waals surface area contributed by atoms with Crippen LogP contribution >= 0.6 is 0 Å². The van der Waals surface area contributed by atoms with Gasteiger partial charge < -0.3 is 4.74 Å². The van der Waals surface area contributed by atoms with E-state index in [-0.39, 0.29) is 0 Å². The Balaban J connectivity index is 1.94. The summed E-state index contributed by atoms with van der Waals surface area (Å²) in [5.41, 5.74) is 6.33. The Bertz CT molecular complexity index is 610. The highest BCUT2D eigenvalue weighted by atomic mass is 16.5. The molecule has 1 aromatic carbocycles. The number of ether oxygens (including phenoxy) is 1. The van der Waals surface area contributed by atoms with Crippen LogP contribution in [0.25, 0.3) is 0 Å². The van der Waals surface area contributed by atoms with E-state index in [0.717, 1.165) is 37.3 Å². The van der Waals surface area contributed by atoms with Crippen molar-refractivity contribution in [1.82, 2.24) is 10.2 Å². The zero-order chi connectivity index (χ0) is 17.7. The molecule has 0 aliphatic carbocycles. The molecule has 0 saturated heterocycles. The van der Waals surface area contributed by atoms with Crippen molar-refractivity contribution < 1.29 is 4.74 Å². The molecule has 0 saturated carbocycles. The number of aromatic nitrogens is 2. The Morgan fingerprint density at radius 2 is 1.62 bits per heavy atom. The average molecular weight is 329 g/mol. The van der Waals surface area contributed by atoms with E-state index in [1.54, 1.807) is 0 Å². The number of hydrogen-bond donors (Lipinski definition) is 1. The highest BCUT2D eigenvalue weighted by Gasteiger charge is 2.15. The summed E-state index contributed by atoms with van der Waals surface area (Å²) in [7, 11) is 0. The van der Waals surface area contributed by atoms with Crippen LogP contribution in [0.1, 0.15) is 80.5 Å². The van der Waals surface area contributed by atoms with Crippen LogP contribution in [0.4, 0.5) is 0 Å². The Labute approximate surface area is 146 Å². The molecule has 3 nitrogen and oxygen atoms in total. The van der Waals surface area contributed by atoms with Crippen molar-refractivity contribution in [3.63, 3.8) is 0 Å². The zero-order valence-corrected chi connectivity index (χ0v) is 16.1. The Hall–Kier alpha value is -1.77. The number of H-pyrrole nitrogens is 1. The van der Waals surface area contributed by atoms with Crippen LogP contribution in [0.3, 0.4) is 0 Å². The zero-order valence-electron chi connectivity index (χ0n) is 16.1. The smallest absolute Gasteiger partial charge is 0.126 e. The third kappa shape index (κ3) is 4.40. The maximum absolute atomic E-state index is 6.25. The van der Waals surface area contributed by atoms with E-state index in [4.69, 9.17) is 4.74 Å². The van der Waals surface area contributed by atoms with Gasteiger partial charge in [0.25, 0.3) is 0 Å². The van der Waals surface area contributed by atoms with Gasteiger partial charge in [-0.2, -0.15) is 5.10 Å². The summed E-state index contributed by atoms with van der Waals surface area (Å²) in [6.07, 6.45) is 3.26. The molecule has 2 rings (SSSR count). The molecule has 2 aromatic rings. The number of unbranched alkanes of at least 4 members (excludes halogenated alkanes) is 1. The van der Waals surface area contributed by atoms with Gasteiger partial charge in [-0.05, 0) is 61.6 Å². The molecule has 1 aromatic heterocycles. The van der Waals surface area contributed by atoms with Crippen LogP contribution < -0.4 is 4.74 Å². The summed E-state index contributed by atoms with van der Waals surface area (Å²) in [4.78, 5) is 0. The molecular formula is C21H32N2O. The lowest BCUT2D eigenvalue weighted by atomic mass is 9.94. The van der Waals surface area contributed by atoms with E-state index in [0.29, 0.717) is 11.8 Å². The maximum Gasteiger partial charge on any atom is 0.126 e. The minimum absolute atomic E-state index is 0.481. The molecule has 0 spiro atoms. The van der Waals surface area contributed by atoms with Gasteiger partial charge in [-0.25, -0.2) is 0 Å². The van der Waals surface area contributed by atoms with Gasteiger partial charge in [-0.15, -0.1) is 0 Å². The number of nitrogens with zero attached hydrogens (tertiary/aromatic N) is 1. The largest absolute Gasteiger partial charge is 0.493 e. The summed E-state index contributed by atoms with van der Waals surface area (Å²) in [5, 5.41) is 7.33. The molecule has 0 aliphatic heterocycles. The van der Waals surface area contributed by atoms with Gasteiger partial charge in [0.15, 0.2) is 0 Å². The highest BCUT2D eigenvalue weighted by Crippen LogP contribution is 2.34. The van der Waals surface area contributed by atoms with Crippen molar-refractivity contribution in [3.05, 3.63) is 46.3 Å². The summed E-state index contributed by atoms with van der Waals surface area (Å²) in [6.45, 7) is 13.9. The first-order valence-electron chi connectivity index (χ1n) is 9.17. The molecular weight excluding hydrogens is 296 g/mol. The van der Waals surface area contributed by atoms with Crippen molar-refractivity contribution >= 4 is 0 Å². The van der Waals surface area contributed by atoms with Gasteiger partial charge in [0.05, 0.1) is 12.3 Å². The summed E-state index contributed by atoms with van der Waals surface area (Å²) < 4.78 is 6.25. The molecule has 3 heteroatoms. The van der Waals surface area contributed by atoms with E-state index < -0.39 is 0 Å². The number of rotatable bonds is 8. The van der Waals surface area contributed by atoms with Crippen LogP contribution in [0.15, 0.2) is 18.2 Å². The van der Waals surface area contributed by atoms with Gasteiger partial charge in [-0.3, -0.25) is 5.10 Å². The SMILES string of the molecule is Cc1n[nH]c(C)c1CCCCOc1c(C(C)C)cccc1C(C)C. The quantitative estimate of drug-likeness (QED) is 0.633. The average Bonchev–Trinajstić information content (AvgIpc) is 2.85. The van der Waals surface area contributed by atoms with Gasteiger partial charge in [-0.1, -0.05) is 45.9 Å². The third-order valence-corrected chi connectivity index (χ3v) is 4.67. The predicted molar refractivity (Wildman–Crippen MR) is 101 cm³/mol. The summed E-state index contributed by atoms with van der Waals surface area (Å²) >= 11 is 0. The van der Waals surface area contributed by atoms with E-state index in [1.165, 1.54) is 22.4 Å². The predicted octanol–water partition coefficient (Wildman–Crippen LogP) is 5.68. The minimum atomic E-state index is 0.481. The van der Waals surface area contributed by atoms with Crippen molar-refractivity contribution in [2.24, 2.45) is 0 Å². The normalized spacial score (nSPS) is 11.5. The Kier molecular flexibility index (Phi) is 6.47. The molecule has 1 heterocycles. The number of benzene rings is 1. The molecule has 0 fully saturated rings. The molecule has 1 N–H and O–H groups in total. The molecule has 0 amide bonds. The second kappa shape index (κ2) is 8.36. The van der Waals surface area contributed by atoms with Crippen LogP contribution in [0, 0.1) is 13.8 Å². The summed E-state index contributed by atoms with van der Waals surface area (Å²) in [5.74, 6) is 2.07. The lowest BCUT2D eigenvalue weighted by Gasteiger charge is -2.20. The van der Waals surface area contributed by atoms with Crippen LogP contribution in [-0.2, 0) is 6.42 Å². The molecule has 24 heavy (non-hydrogen) atoms. The fourth-order valence-electron chi connectivity index (χ4n) is 3.17. The third-order valence-electron chi connectivity index (χ3n) is 4.67. The molecule has 0 aliphatic rings. The second-order valence-electron chi connectivity index (χ2n) is 7.29. The fourth-order valence-corrected chi connectivity index (χ4v) is 3.17. The van der Waals surface area contributed by atoms with Gasteiger partial charge >= 0.3 is 0 Å². The maximum atomic E-state index is 6.25. The van der Waals surface area contributed by atoms with E-state index >= 15 is 0 Å². The number of aryl methyl sites for hydroxylation is 2. The van der Waals surface area contributed by atoms with E-state index in [1.807, 2.05) is 0 Å². The molecule has 0 radical (unpaired) electrons. The Morgan fingerprint density at radius 3 is 2.12 bits per heavy atom. The number of hydrogen-bond acceptors (Lipinski definition) is 2. The first-order chi connectivity index (χ1) is 11.4. The molecule has 0 atom stereocenters. The first kappa shape index (κ1) is 18.6. The fraction of sp³-hybridized carbons (Fsp3) is 0.571. The topological polar surface area (TPSA) is 37.9 Å². The number of nitrogens with one attached hydrogen (secondary N) is 1. The monoisotopic (exact) mass is 328 g/mol. The molecule has 132 valence electrons. The van der Waals surface area contributed by atoms with Crippen molar-refractivity contribution in [2.45, 2.75) is 72.6 Å². The van der Waals surface area contributed by atoms with E-state index in [9.17, 15) is 0 Å². The number of para-hydroxylation sites is 1. The van der Waals surface area contributed by atoms with E-state index in [2.05, 4.69) is 69.9 Å². The minimum Gasteiger partial charge on any atom is -0.493 e.